The van der Waals surface area contributed by atoms with E-state index >= 15 is 0 Å². The summed E-state index contributed by atoms with van der Waals surface area (Å²) in [6, 6.07) is 10.8. The summed E-state index contributed by atoms with van der Waals surface area (Å²) < 4.78 is 1.74. The standard InChI is InChI=1S/C24H32N6O/c1-17-11-13-29(14-12-17)22(20-7-5-4-6-8-20)15-25-23(31)10-9-21-18(2)28-24-26-16-27-30(24)19(21)3/h4-8,16-17,22H,9-15H2,1-3H3,(H,25,31)/t22-/m1/s1. The van der Waals surface area contributed by atoms with Crippen LogP contribution in [-0.2, 0) is 11.2 Å². The molecule has 1 fully saturated rings. The van der Waals surface area contributed by atoms with Crippen molar-refractivity contribution < 1.29 is 4.79 Å². The van der Waals surface area contributed by atoms with Crippen LogP contribution >= 0.6 is 0 Å². The predicted octanol–water partition coefficient (Wildman–Crippen LogP) is 3.26. The molecule has 1 atom stereocenters. The molecule has 3 heterocycles. The van der Waals surface area contributed by atoms with Gasteiger partial charge >= 0.3 is 0 Å². The van der Waals surface area contributed by atoms with Crippen LogP contribution in [0.1, 0.15) is 54.7 Å². The first-order valence-corrected chi connectivity index (χ1v) is 11.2. The SMILES string of the molecule is Cc1nc2ncnn2c(C)c1CCC(=O)NC[C@H](c1ccccc1)N1CCC(C)CC1. The van der Waals surface area contributed by atoms with E-state index in [1.54, 1.807) is 4.52 Å². The fourth-order valence-corrected chi connectivity index (χ4v) is 4.53. The van der Waals surface area contributed by atoms with Gasteiger partial charge < -0.3 is 5.32 Å². The molecular formula is C24H32N6O. The first-order chi connectivity index (χ1) is 15.0. The molecular weight excluding hydrogens is 388 g/mol. The third kappa shape index (κ3) is 4.93. The Labute approximate surface area is 183 Å². The van der Waals surface area contributed by atoms with Crippen molar-refractivity contribution in [3.05, 3.63) is 59.2 Å². The van der Waals surface area contributed by atoms with Gasteiger partial charge in [-0.2, -0.15) is 10.1 Å². The van der Waals surface area contributed by atoms with E-state index in [1.807, 2.05) is 19.9 Å². The number of nitrogens with one attached hydrogen (secondary N) is 1. The van der Waals surface area contributed by atoms with Crippen LogP contribution in [-0.4, -0.2) is 50.0 Å². The van der Waals surface area contributed by atoms with Crippen molar-refractivity contribution in [3.63, 3.8) is 0 Å². The molecule has 0 radical (unpaired) electrons. The predicted molar refractivity (Wildman–Crippen MR) is 121 cm³/mol. The van der Waals surface area contributed by atoms with Crippen molar-refractivity contribution in [2.75, 3.05) is 19.6 Å². The molecule has 1 saturated heterocycles. The summed E-state index contributed by atoms with van der Waals surface area (Å²) in [6.07, 6.45) is 5.02. The van der Waals surface area contributed by atoms with Crippen LogP contribution in [0.4, 0.5) is 0 Å². The maximum Gasteiger partial charge on any atom is 0.252 e. The molecule has 2 aromatic heterocycles. The average Bonchev–Trinajstić information content (AvgIpc) is 3.24. The first kappa shape index (κ1) is 21.4. The Morgan fingerprint density at radius 1 is 1.19 bits per heavy atom. The zero-order valence-electron chi connectivity index (χ0n) is 18.7. The van der Waals surface area contributed by atoms with Gasteiger partial charge in [0.15, 0.2) is 0 Å². The Balaban J connectivity index is 1.39. The highest BCUT2D eigenvalue weighted by Gasteiger charge is 2.25. The van der Waals surface area contributed by atoms with Crippen LogP contribution < -0.4 is 5.32 Å². The monoisotopic (exact) mass is 420 g/mol. The molecule has 1 amide bonds. The topological polar surface area (TPSA) is 75.4 Å². The van der Waals surface area contributed by atoms with Gasteiger partial charge in [0.05, 0.1) is 6.04 Å². The van der Waals surface area contributed by atoms with Gasteiger partial charge in [0.25, 0.3) is 5.78 Å². The molecule has 0 unspecified atom stereocenters. The number of amides is 1. The van der Waals surface area contributed by atoms with Gasteiger partial charge in [-0.05, 0) is 63.2 Å². The van der Waals surface area contributed by atoms with E-state index < -0.39 is 0 Å². The number of benzene rings is 1. The van der Waals surface area contributed by atoms with Crippen LogP contribution in [0.15, 0.2) is 36.7 Å². The van der Waals surface area contributed by atoms with Gasteiger partial charge in [-0.15, -0.1) is 0 Å². The molecule has 0 aliphatic carbocycles. The lowest BCUT2D eigenvalue weighted by Crippen LogP contribution is -2.42. The maximum atomic E-state index is 12.7. The second-order valence-electron chi connectivity index (χ2n) is 8.68. The van der Waals surface area contributed by atoms with Crippen molar-refractivity contribution in [1.82, 2.24) is 29.8 Å². The summed E-state index contributed by atoms with van der Waals surface area (Å²) in [6.45, 7) is 9.10. The third-order valence-electron chi connectivity index (χ3n) is 6.53. The molecule has 1 aliphatic rings. The summed E-state index contributed by atoms with van der Waals surface area (Å²) >= 11 is 0. The highest BCUT2D eigenvalue weighted by atomic mass is 16.1. The molecule has 1 aromatic carbocycles. The first-order valence-electron chi connectivity index (χ1n) is 11.2. The number of aromatic nitrogens is 4. The third-order valence-corrected chi connectivity index (χ3v) is 6.53. The fraction of sp³-hybridized carbons (Fsp3) is 0.500. The molecule has 1 N–H and O–H groups in total. The van der Waals surface area contributed by atoms with Crippen LogP contribution in [0, 0.1) is 19.8 Å². The van der Waals surface area contributed by atoms with Gasteiger partial charge in [-0.1, -0.05) is 37.3 Å². The smallest absolute Gasteiger partial charge is 0.252 e. The molecule has 3 aromatic rings. The molecule has 0 spiro atoms. The van der Waals surface area contributed by atoms with Crippen molar-refractivity contribution >= 4 is 11.7 Å². The van der Waals surface area contributed by atoms with Gasteiger partial charge in [0, 0.05) is 24.4 Å². The fourth-order valence-electron chi connectivity index (χ4n) is 4.53. The molecule has 4 rings (SSSR count). The van der Waals surface area contributed by atoms with Crippen molar-refractivity contribution in [3.8, 4) is 0 Å². The van der Waals surface area contributed by atoms with E-state index in [1.165, 1.54) is 24.7 Å². The van der Waals surface area contributed by atoms with Crippen LogP contribution in [0.2, 0.25) is 0 Å². The second kappa shape index (κ2) is 9.56. The van der Waals surface area contributed by atoms with Gasteiger partial charge in [-0.25, -0.2) is 9.50 Å². The Morgan fingerprint density at radius 3 is 2.68 bits per heavy atom. The molecule has 1 aliphatic heterocycles. The van der Waals surface area contributed by atoms with Crippen LogP contribution in [0.3, 0.4) is 0 Å². The quantitative estimate of drug-likeness (QED) is 0.635. The number of piperidine rings is 1. The number of hydrogen-bond acceptors (Lipinski definition) is 5. The van der Waals surface area contributed by atoms with Crippen molar-refractivity contribution in [2.24, 2.45) is 5.92 Å². The van der Waals surface area contributed by atoms with Crippen molar-refractivity contribution in [2.45, 2.75) is 52.5 Å². The number of rotatable bonds is 7. The lowest BCUT2D eigenvalue weighted by atomic mass is 9.95. The molecule has 0 bridgehead atoms. The lowest BCUT2D eigenvalue weighted by molar-refractivity contribution is -0.121. The number of aryl methyl sites for hydroxylation is 2. The van der Waals surface area contributed by atoms with Crippen LogP contribution in [0.5, 0.6) is 0 Å². The summed E-state index contributed by atoms with van der Waals surface area (Å²) in [5, 5.41) is 7.43. The van der Waals surface area contributed by atoms with Crippen molar-refractivity contribution in [1.29, 1.82) is 0 Å². The number of carbonyl (C=O) groups is 1. The largest absolute Gasteiger partial charge is 0.354 e. The minimum atomic E-state index is 0.0730. The molecule has 31 heavy (non-hydrogen) atoms. The minimum Gasteiger partial charge on any atom is -0.354 e. The van der Waals surface area contributed by atoms with E-state index in [-0.39, 0.29) is 11.9 Å². The Bertz CT molecular complexity index is 1020. The van der Waals surface area contributed by atoms with Gasteiger partial charge in [-0.3, -0.25) is 9.69 Å². The number of carbonyl (C=O) groups excluding carboxylic acids is 1. The zero-order chi connectivity index (χ0) is 21.8. The van der Waals surface area contributed by atoms with E-state index in [9.17, 15) is 4.79 Å². The average molecular weight is 421 g/mol. The maximum absolute atomic E-state index is 12.7. The Hall–Kier alpha value is -2.80. The van der Waals surface area contributed by atoms with Crippen LogP contribution in [0.25, 0.3) is 5.78 Å². The van der Waals surface area contributed by atoms with E-state index in [4.69, 9.17) is 0 Å². The Kier molecular flexibility index (Phi) is 6.61. The minimum absolute atomic E-state index is 0.0730. The summed E-state index contributed by atoms with van der Waals surface area (Å²) in [7, 11) is 0. The number of nitrogens with zero attached hydrogens (tertiary/aromatic N) is 5. The highest BCUT2D eigenvalue weighted by Crippen LogP contribution is 2.26. The normalized spacial score (nSPS) is 16.5. The summed E-state index contributed by atoms with van der Waals surface area (Å²) in [5.41, 5.74) is 4.25. The van der Waals surface area contributed by atoms with E-state index in [0.29, 0.717) is 25.2 Å². The van der Waals surface area contributed by atoms with Gasteiger partial charge in [0.1, 0.15) is 6.33 Å². The highest BCUT2D eigenvalue weighted by molar-refractivity contribution is 5.76. The second-order valence-corrected chi connectivity index (χ2v) is 8.68. The number of fused-ring (bicyclic) bond motifs is 1. The van der Waals surface area contributed by atoms with E-state index in [0.717, 1.165) is 36.0 Å². The van der Waals surface area contributed by atoms with Gasteiger partial charge in [0.2, 0.25) is 5.91 Å². The zero-order valence-corrected chi connectivity index (χ0v) is 18.7. The number of likely N-dealkylation sites (tertiary alicyclic amines) is 1. The molecule has 7 heteroatoms. The lowest BCUT2D eigenvalue weighted by Gasteiger charge is -2.37. The molecule has 0 saturated carbocycles. The summed E-state index contributed by atoms with van der Waals surface area (Å²) in [5.74, 6) is 1.46. The molecule has 7 nitrogen and oxygen atoms in total. The molecule has 164 valence electrons. The van der Waals surface area contributed by atoms with E-state index in [2.05, 4.69) is 56.5 Å². The number of hydrogen-bond donors (Lipinski definition) is 1. The Morgan fingerprint density at radius 2 is 1.94 bits per heavy atom. The summed E-state index contributed by atoms with van der Waals surface area (Å²) in [4.78, 5) is 23.9.